The Hall–Kier alpha value is -6.21. The standard InChI is InChI=1S/C14H11N3O2.C9H12.C8H8N4S.C7H5Cl2N3.C4H8N4S/c1-17-15-12-8-7-10(9-13(12)16-17)14(18)19-11-5-3-2-4-6-11;1-3-9-6-4-8(2)5-7-9;1-13-8-9-10-11-12(8)7-5-3-2-4-6-7;1-12-10-6-2-4(8)5(9)3-7(6)11-12;1-3-8-4(9-2)5-6-7-8/h2-9H,1H3;4-7H,3H2,1-2H3;2-6H,1H3;2-3H,1H3;3H2,1-2H3/p+2. The highest BCUT2D eigenvalue weighted by Crippen LogP contribution is 2.24. The highest BCUT2D eigenvalue weighted by molar-refractivity contribution is 7.98. The average molecular weight is 914 g/mol. The van der Waals surface area contributed by atoms with Crippen LogP contribution < -0.4 is 14.9 Å². The first-order chi connectivity index (χ1) is 30.0. The zero-order valence-corrected chi connectivity index (χ0v) is 38.3. The molecule has 0 unspecified atom stereocenters. The quantitative estimate of drug-likeness (QED) is 0.0868. The first-order valence-corrected chi connectivity index (χ1v) is 22.3. The molecule has 0 spiro atoms. The van der Waals surface area contributed by atoms with Crippen LogP contribution in [0.5, 0.6) is 5.75 Å². The molecule has 0 aliphatic rings. The van der Waals surface area contributed by atoms with Crippen molar-refractivity contribution in [3.63, 3.8) is 0 Å². The number of nitrogens with one attached hydrogen (secondary N) is 2. The van der Waals surface area contributed by atoms with Gasteiger partial charge in [-0.25, -0.2) is 9.48 Å². The SMILES string of the molecule is CCc1ccc(C)cc1.CCn1nnnc1SC.CSc1nnnn1-c1ccccc1.Cn1nc2cc(C(=O)Oc3ccccc3)ccc2[nH+]1.Cn1nc2cc(Cl)c(Cl)cc2[nH+]1. The first-order valence-electron chi connectivity index (χ1n) is 19.1. The van der Waals surface area contributed by atoms with Gasteiger partial charge < -0.3 is 4.74 Å². The second-order valence-electron chi connectivity index (χ2n) is 12.9. The minimum atomic E-state index is -0.390. The lowest BCUT2D eigenvalue weighted by Gasteiger charge is -2.02. The number of benzene rings is 5. The number of rotatable bonds is 7. The normalized spacial score (nSPS) is 10.3. The summed E-state index contributed by atoms with van der Waals surface area (Å²) < 4.78 is 8.74. The Morgan fingerprint density at radius 1 is 0.694 bits per heavy atom. The van der Waals surface area contributed by atoms with Crippen LogP contribution in [-0.2, 0) is 27.1 Å². The van der Waals surface area contributed by atoms with Gasteiger partial charge in [0.15, 0.2) is 11.0 Å². The maximum absolute atomic E-state index is 12.0. The number of hydrogen-bond donors (Lipinski definition) is 0. The van der Waals surface area contributed by atoms with Gasteiger partial charge in [-0.15, -0.1) is 10.2 Å². The molecule has 9 aromatic rings. The van der Waals surface area contributed by atoms with E-state index in [1.807, 2.05) is 81.1 Å². The van der Waals surface area contributed by atoms with Gasteiger partial charge in [-0.05, 0) is 95.6 Å². The first kappa shape index (κ1) is 46.8. The average Bonchev–Trinajstić information content (AvgIpc) is 4.11. The molecular weight excluding hydrogens is 868 g/mol. The fraction of sp³-hybridized carbons (Fsp3) is 0.214. The Balaban J connectivity index is 0.000000151. The predicted molar refractivity (Wildman–Crippen MR) is 243 cm³/mol. The fourth-order valence-electron chi connectivity index (χ4n) is 5.32. The molecule has 62 heavy (non-hydrogen) atoms. The molecule has 0 aliphatic carbocycles. The summed E-state index contributed by atoms with van der Waals surface area (Å²) in [7, 11) is 3.60. The van der Waals surface area contributed by atoms with E-state index in [-0.39, 0.29) is 0 Å². The number of thioether (sulfide) groups is 2. The summed E-state index contributed by atoms with van der Waals surface area (Å²) in [6.07, 6.45) is 5.04. The van der Waals surface area contributed by atoms with Crippen molar-refractivity contribution in [3.05, 3.63) is 142 Å². The molecule has 0 saturated carbocycles. The van der Waals surface area contributed by atoms with E-state index in [2.05, 4.69) is 89.6 Å². The lowest BCUT2D eigenvalue weighted by atomic mass is 10.1. The monoisotopic (exact) mass is 912 g/mol. The van der Waals surface area contributed by atoms with Crippen molar-refractivity contribution in [1.29, 1.82) is 0 Å². The van der Waals surface area contributed by atoms with Gasteiger partial charge in [-0.1, -0.05) is 129 Å². The van der Waals surface area contributed by atoms with E-state index >= 15 is 0 Å². The van der Waals surface area contributed by atoms with Crippen LogP contribution in [0.1, 0.15) is 35.3 Å². The van der Waals surface area contributed by atoms with Crippen LogP contribution in [0.2, 0.25) is 10.0 Å². The number of halogens is 2. The molecule has 0 atom stereocenters. The highest BCUT2D eigenvalue weighted by Gasteiger charge is 2.15. The molecule has 5 aromatic carbocycles. The van der Waals surface area contributed by atoms with Crippen molar-refractivity contribution < 1.29 is 19.7 Å². The molecule has 9 rings (SSSR count). The van der Waals surface area contributed by atoms with Crippen molar-refractivity contribution in [2.24, 2.45) is 14.1 Å². The largest absolute Gasteiger partial charge is 0.423 e. The third-order valence-electron chi connectivity index (χ3n) is 8.44. The van der Waals surface area contributed by atoms with Gasteiger partial charge in [0.25, 0.3) is 5.52 Å². The minimum absolute atomic E-state index is 0.390. The number of aromatic amines is 2. The zero-order valence-electron chi connectivity index (χ0n) is 35.1. The van der Waals surface area contributed by atoms with Crippen LogP contribution in [-0.4, -0.2) is 78.7 Å². The Bertz CT molecular complexity index is 2700. The van der Waals surface area contributed by atoms with Crippen LogP contribution in [0, 0.1) is 6.92 Å². The molecular formula is C42H46Cl2N14O2S2+2. The number of aryl methyl sites for hydroxylation is 5. The van der Waals surface area contributed by atoms with Crippen LogP contribution in [0.4, 0.5) is 0 Å². The summed E-state index contributed by atoms with van der Waals surface area (Å²) in [5.41, 5.74) is 7.51. The minimum Gasteiger partial charge on any atom is -0.423 e. The number of nitrogens with zero attached hydrogens (tertiary/aromatic N) is 12. The molecule has 0 aliphatic heterocycles. The number of ether oxygens (including phenoxy) is 1. The van der Waals surface area contributed by atoms with Crippen LogP contribution in [0.15, 0.2) is 126 Å². The third-order valence-corrected chi connectivity index (χ3v) is 10.4. The molecule has 16 nitrogen and oxygen atoms in total. The molecule has 2 N–H and O–H groups in total. The lowest BCUT2D eigenvalue weighted by molar-refractivity contribution is -0.466. The molecule has 4 aromatic heterocycles. The Kier molecular flexibility index (Phi) is 17.9. The van der Waals surface area contributed by atoms with Crippen LogP contribution >= 0.6 is 46.7 Å². The summed E-state index contributed by atoms with van der Waals surface area (Å²) in [4.78, 5) is 15.2. The Morgan fingerprint density at radius 2 is 1.27 bits per heavy atom. The van der Waals surface area contributed by atoms with E-state index in [4.69, 9.17) is 27.9 Å². The third kappa shape index (κ3) is 13.7. The van der Waals surface area contributed by atoms with Crippen molar-refractivity contribution >= 4 is 74.8 Å². The number of aromatic nitrogens is 14. The van der Waals surface area contributed by atoms with Crippen molar-refractivity contribution in [1.82, 2.24) is 60.2 Å². The number of fused-ring (bicyclic) bond motifs is 2. The van der Waals surface area contributed by atoms with Gasteiger partial charge in [0.05, 0.1) is 35.4 Å². The van der Waals surface area contributed by atoms with E-state index < -0.39 is 5.97 Å². The number of hydrogen-bond acceptors (Lipinski definition) is 12. The van der Waals surface area contributed by atoms with E-state index in [9.17, 15) is 4.79 Å². The smallest absolute Gasteiger partial charge is 0.343 e. The maximum Gasteiger partial charge on any atom is 0.343 e. The van der Waals surface area contributed by atoms with Gasteiger partial charge in [-0.2, -0.15) is 14.9 Å². The molecule has 0 saturated heterocycles. The van der Waals surface area contributed by atoms with Gasteiger partial charge in [0.2, 0.25) is 15.8 Å². The predicted octanol–water partition coefficient (Wildman–Crippen LogP) is 7.66. The number of esters is 1. The topological polar surface area (TPSA) is 177 Å². The van der Waals surface area contributed by atoms with Gasteiger partial charge >= 0.3 is 5.97 Å². The summed E-state index contributed by atoms with van der Waals surface area (Å²) in [5.74, 6) is 0.138. The molecule has 20 heteroatoms. The summed E-state index contributed by atoms with van der Waals surface area (Å²) in [6.45, 7) is 7.13. The van der Waals surface area contributed by atoms with Crippen LogP contribution in [0.25, 0.3) is 27.8 Å². The van der Waals surface area contributed by atoms with E-state index in [1.54, 1.807) is 74.2 Å². The van der Waals surface area contributed by atoms with E-state index in [0.29, 0.717) is 21.4 Å². The second-order valence-corrected chi connectivity index (χ2v) is 15.3. The second kappa shape index (κ2) is 23.7. The Morgan fingerprint density at radius 3 is 1.89 bits per heavy atom. The van der Waals surface area contributed by atoms with E-state index in [1.165, 1.54) is 22.9 Å². The molecule has 320 valence electrons. The molecule has 0 amide bonds. The Labute approximate surface area is 376 Å². The van der Waals surface area contributed by atoms with Crippen molar-refractivity contribution in [2.45, 2.75) is 44.0 Å². The van der Waals surface area contributed by atoms with Crippen molar-refractivity contribution in [2.75, 3.05) is 12.5 Å². The van der Waals surface area contributed by atoms with Gasteiger partial charge in [-0.3, -0.25) is 0 Å². The maximum atomic E-state index is 12.0. The van der Waals surface area contributed by atoms with Gasteiger partial charge in [0, 0.05) is 34.9 Å². The molecule has 4 heterocycles. The molecule has 0 bridgehead atoms. The highest BCUT2D eigenvalue weighted by atomic mass is 35.5. The summed E-state index contributed by atoms with van der Waals surface area (Å²) >= 11 is 14.7. The molecule has 0 radical (unpaired) electrons. The van der Waals surface area contributed by atoms with E-state index in [0.717, 1.165) is 51.0 Å². The van der Waals surface area contributed by atoms with Gasteiger partial charge in [0.1, 0.15) is 5.75 Å². The lowest BCUT2D eigenvalue weighted by Crippen LogP contribution is -2.14. The van der Waals surface area contributed by atoms with Crippen LogP contribution in [0.3, 0.4) is 0 Å². The molecule has 0 fully saturated rings. The summed E-state index contributed by atoms with van der Waals surface area (Å²) in [6, 6.07) is 36.2. The number of H-pyrrole nitrogens is 2. The fourth-order valence-corrected chi connectivity index (χ4v) is 6.57. The number of tetrazole rings is 2. The van der Waals surface area contributed by atoms with Crippen molar-refractivity contribution in [3.8, 4) is 11.4 Å². The summed E-state index contributed by atoms with van der Waals surface area (Å²) in [5, 5.41) is 39.5. The number of para-hydroxylation sites is 2. The number of carbonyl (C=O) groups is 1. The number of carbonyl (C=O) groups excluding carboxylic acids is 1. The zero-order chi connectivity index (χ0) is 44.4.